The first kappa shape index (κ1) is 26.4. The Kier molecular flexibility index (Phi) is 10.5. The van der Waals surface area contributed by atoms with E-state index in [1.54, 1.807) is 62.4 Å². The van der Waals surface area contributed by atoms with Gasteiger partial charge in [0.1, 0.15) is 5.75 Å². The molecule has 0 spiro atoms. The van der Waals surface area contributed by atoms with E-state index in [4.69, 9.17) is 16.3 Å². The summed E-state index contributed by atoms with van der Waals surface area (Å²) in [6.45, 7) is 9.14. The Morgan fingerprint density at radius 3 is 1.81 bits per heavy atom. The fourth-order valence-electron chi connectivity index (χ4n) is 3.08. The summed E-state index contributed by atoms with van der Waals surface area (Å²) in [5, 5.41) is 0.593. The van der Waals surface area contributed by atoms with Crippen LogP contribution >= 0.6 is 11.6 Å². The van der Waals surface area contributed by atoms with Gasteiger partial charge in [-0.3, -0.25) is 9.59 Å². The molecule has 168 valence electrons. The Balaban J connectivity index is 0.000000885. The molecule has 4 nitrogen and oxygen atoms in total. The van der Waals surface area contributed by atoms with Gasteiger partial charge in [0, 0.05) is 29.2 Å². The zero-order valence-electron chi connectivity index (χ0n) is 18.2. The first-order chi connectivity index (χ1) is 14.3. The highest BCUT2D eigenvalue weighted by Gasteiger charge is 2.35. The van der Waals surface area contributed by atoms with Crippen molar-refractivity contribution in [1.29, 1.82) is 0 Å². The Bertz CT molecular complexity index is 861. The van der Waals surface area contributed by atoms with Crippen molar-refractivity contribution in [1.82, 2.24) is 4.90 Å². The van der Waals surface area contributed by atoms with Gasteiger partial charge in [-0.1, -0.05) is 31.2 Å². The van der Waals surface area contributed by atoms with Crippen LogP contribution in [0.1, 0.15) is 63.9 Å². The van der Waals surface area contributed by atoms with Crippen LogP contribution in [0.5, 0.6) is 5.75 Å². The summed E-state index contributed by atoms with van der Waals surface area (Å²) in [4.78, 5) is 26.9. The lowest BCUT2D eigenvalue weighted by atomic mass is 10.0. The van der Waals surface area contributed by atoms with Crippen LogP contribution in [0.4, 0.5) is 0 Å². The number of benzene rings is 2. The number of allylic oxidation sites excluding steroid dienone is 2. The first-order valence-corrected chi connectivity index (χ1v) is 10.6. The summed E-state index contributed by atoms with van der Waals surface area (Å²) in [6, 6.07) is 13.7. The van der Waals surface area contributed by atoms with Crippen LogP contribution in [0.3, 0.4) is 0 Å². The maximum atomic E-state index is 12.6. The molecule has 1 aliphatic heterocycles. The zero-order valence-corrected chi connectivity index (χ0v) is 18.9. The second-order valence-electron chi connectivity index (χ2n) is 7.64. The van der Waals surface area contributed by atoms with Crippen LogP contribution in [0, 0.1) is 0 Å². The van der Waals surface area contributed by atoms with Gasteiger partial charge in [0.05, 0.1) is 0 Å². The monoisotopic (exact) mass is 443 g/mol. The van der Waals surface area contributed by atoms with Crippen molar-refractivity contribution in [2.24, 2.45) is 0 Å². The second-order valence-corrected chi connectivity index (χ2v) is 8.08. The molecular weight excluding hydrogens is 410 g/mol. The number of carbonyl (C=O) groups excluding carboxylic acids is 2. The summed E-state index contributed by atoms with van der Waals surface area (Å²) >= 11 is 5.86. The highest BCUT2D eigenvalue weighted by atomic mass is 35.5. The fraction of sp³-hybridized carbons (Fsp3) is 0.385. The van der Waals surface area contributed by atoms with Gasteiger partial charge in [-0.15, -0.1) is 0 Å². The lowest BCUT2D eigenvalue weighted by Crippen LogP contribution is -2.47. The van der Waals surface area contributed by atoms with Crippen LogP contribution in [0.25, 0.3) is 0 Å². The molecular formula is C26H34ClNO3. The third-order valence-electron chi connectivity index (χ3n) is 4.84. The average molecular weight is 444 g/mol. The SMILES string of the molecule is C.C/C=C\C.CC(C)(Oc1ccc(C(=O)c2ccc(Cl)cc2)cc1)C(=O)N1CCCC1. The fourth-order valence-corrected chi connectivity index (χ4v) is 3.21. The van der Waals surface area contributed by atoms with E-state index in [-0.39, 0.29) is 19.1 Å². The number of rotatable bonds is 5. The third-order valence-corrected chi connectivity index (χ3v) is 5.09. The molecule has 0 saturated carbocycles. The molecule has 1 heterocycles. The molecule has 0 aliphatic carbocycles. The van der Waals surface area contributed by atoms with Gasteiger partial charge in [-0.05, 0) is 89.1 Å². The van der Waals surface area contributed by atoms with Crippen LogP contribution < -0.4 is 4.74 Å². The van der Waals surface area contributed by atoms with Crippen LogP contribution in [-0.4, -0.2) is 35.3 Å². The van der Waals surface area contributed by atoms with E-state index < -0.39 is 5.60 Å². The molecule has 0 bridgehead atoms. The van der Waals surface area contributed by atoms with Crippen molar-refractivity contribution in [3.63, 3.8) is 0 Å². The number of amides is 1. The summed E-state index contributed by atoms with van der Waals surface area (Å²) in [5.41, 5.74) is 0.197. The Hall–Kier alpha value is -2.59. The molecule has 5 heteroatoms. The molecule has 0 atom stereocenters. The van der Waals surface area contributed by atoms with Crippen molar-refractivity contribution in [3.8, 4) is 5.75 Å². The Morgan fingerprint density at radius 1 is 0.903 bits per heavy atom. The summed E-state index contributed by atoms with van der Waals surface area (Å²) in [6.07, 6.45) is 6.09. The molecule has 0 unspecified atom stereocenters. The van der Waals surface area contributed by atoms with Gasteiger partial charge in [0.2, 0.25) is 0 Å². The van der Waals surface area contributed by atoms with Crippen molar-refractivity contribution in [2.75, 3.05) is 13.1 Å². The summed E-state index contributed by atoms with van der Waals surface area (Å²) < 4.78 is 5.91. The number of ketones is 1. The molecule has 31 heavy (non-hydrogen) atoms. The zero-order chi connectivity index (χ0) is 22.1. The maximum absolute atomic E-state index is 12.6. The number of halogens is 1. The smallest absolute Gasteiger partial charge is 0.266 e. The van der Waals surface area contributed by atoms with Gasteiger partial charge in [0.25, 0.3) is 5.91 Å². The van der Waals surface area contributed by atoms with Crippen molar-refractivity contribution in [3.05, 3.63) is 76.8 Å². The van der Waals surface area contributed by atoms with Crippen molar-refractivity contribution in [2.45, 2.75) is 53.6 Å². The lowest BCUT2D eigenvalue weighted by molar-refractivity contribution is -0.144. The highest BCUT2D eigenvalue weighted by Crippen LogP contribution is 2.23. The number of likely N-dealkylation sites (tertiary alicyclic amines) is 1. The standard InChI is InChI=1S/C21H22ClNO3.C4H8.CH4/c1-21(2,20(25)23-13-3-4-14-23)26-18-11-7-16(8-12-18)19(24)15-5-9-17(22)10-6-15;1-3-4-2;/h5-12H,3-4,13-14H2,1-2H3;3-4H,1-2H3;1H4/b;4-3-;. The normalized spacial score (nSPS) is 13.3. The quantitative estimate of drug-likeness (QED) is 0.387. The van der Waals surface area contributed by atoms with Crippen molar-refractivity contribution >= 4 is 23.3 Å². The van der Waals surface area contributed by atoms with E-state index in [0.717, 1.165) is 25.9 Å². The van der Waals surface area contributed by atoms with E-state index in [1.165, 1.54) is 0 Å². The molecule has 1 aliphatic rings. The molecule has 3 rings (SSSR count). The molecule has 2 aromatic rings. The average Bonchev–Trinajstić information content (AvgIpc) is 3.28. The van der Waals surface area contributed by atoms with Crippen molar-refractivity contribution < 1.29 is 14.3 Å². The minimum absolute atomic E-state index is 0. The summed E-state index contributed by atoms with van der Waals surface area (Å²) in [7, 11) is 0. The predicted octanol–water partition coefficient (Wildman–Crippen LogP) is 6.57. The number of hydrogen-bond acceptors (Lipinski definition) is 3. The van der Waals surface area contributed by atoms with Gasteiger partial charge in [-0.25, -0.2) is 0 Å². The molecule has 1 amide bonds. The van der Waals surface area contributed by atoms with E-state index in [0.29, 0.717) is 21.9 Å². The topological polar surface area (TPSA) is 46.6 Å². The Morgan fingerprint density at radius 2 is 1.35 bits per heavy atom. The number of hydrogen-bond donors (Lipinski definition) is 0. The number of nitrogens with zero attached hydrogens (tertiary/aromatic N) is 1. The minimum atomic E-state index is -0.938. The number of carbonyl (C=O) groups is 2. The molecule has 2 aromatic carbocycles. The van der Waals surface area contributed by atoms with E-state index >= 15 is 0 Å². The molecule has 0 aromatic heterocycles. The second kappa shape index (κ2) is 12.3. The van der Waals surface area contributed by atoms with Gasteiger partial charge in [-0.2, -0.15) is 0 Å². The van der Waals surface area contributed by atoms with E-state index in [9.17, 15) is 9.59 Å². The minimum Gasteiger partial charge on any atom is -0.478 e. The predicted molar refractivity (Wildman–Crippen MR) is 129 cm³/mol. The van der Waals surface area contributed by atoms with Crippen LogP contribution in [0.15, 0.2) is 60.7 Å². The lowest BCUT2D eigenvalue weighted by Gasteiger charge is -2.29. The van der Waals surface area contributed by atoms with E-state index in [2.05, 4.69) is 0 Å². The van der Waals surface area contributed by atoms with Gasteiger partial charge < -0.3 is 9.64 Å². The van der Waals surface area contributed by atoms with Crippen LogP contribution in [-0.2, 0) is 4.79 Å². The molecule has 0 N–H and O–H groups in total. The summed E-state index contributed by atoms with van der Waals surface area (Å²) in [5.74, 6) is 0.479. The van der Waals surface area contributed by atoms with E-state index in [1.807, 2.05) is 30.9 Å². The maximum Gasteiger partial charge on any atom is 0.266 e. The molecule has 1 fully saturated rings. The van der Waals surface area contributed by atoms with Crippen LogP contribution in [0.2, 0.25) is 5.02 Å². The van der Waals surface area contributed by atoms with Gasteiger partial charge >= 0.3 is 0 Å². The number of ether oxygens (including phenoxy) is 1. The highest BCUT2D eigenvalue weighted by molar-refractivity contribution is 6.30. The molecule has 0 radical (unpaired) electrons. The van der Waals surface area contributed by atoms with Gasteiger partial charge in [0.15, 0.2) is 11.4 Å². The third kappa shape index (κ3) is 7.55. The largest absolute Gasteiger partial charge is 0.478 e. The Labute approximate surface area is 191 Å². The molecule has 1 saturated heterocycles. The first-order valence-electron chi connectivity index (χ1n) is 10.2.